The Morgan fingerprint density at radius 2 is 1.77 bits per heavy atom. The van der Waals surface area contributed by atoms with Crippen LogP contribution in [0, 0.1) is 23.7 Å². The SMILES string of the molecule is CC[C@H]1OC(=O)[C@H](C)[C@@H](O)[C@H](C)[C@@H](O[C@@H]2O[C@H](C)C[C@H](N(C)C)[C@H]2OC(C)=O)[C@@]2(C)C[C@@H](C)NC[C@H](C)[C@H](OCC(C)CO2)[C@]1(C)O. The lowest BCUT2D eigenvalue weighted by atomic mass is 9.78. The molecule has 0 saturated carbocycles. The lowest BCUT2D eigenvalue weighted by Gasteiger charge is -2.49. The topological polar surface area (TPSA) is 145 Å². The van der Waals surface area contributed by atoms with E-state index in [9.17, 15) is 19.8 Å². The summed E-state index contributed by atoms with van der Waals surface area (Å²) in [6, 6.07) is -0.259. The lowest BCUT2D eigenvalue weighted by molar-refractivity contribution is -0.306. The van der Waals surface area contributed by atoms with Crippen LogP contribution in [0.2, 0.25) is 0 Å². The molecular formula is C35H64N2O10. The molecule has 0 amide bonds. The van der Waals surface area contributed by atoms with E-state index in [0.717, 1.165) is 0 Å². The number of carbonyl (C=O) groups is 2. The predicted octanol–water partition coefficient (Wildman–Crippen LogP) is 2.90. The average molecular weight is 673 g/mol. The summed E-state index contributed by atoms with van der Waals surface area (Å²) in [6.45, 7) is 19.6. The molecular weight excluding hydrogens is 608 g/mol. The highest BCUT2D eigenvalue weighted by Crippen LogP contribution is 2.39. The number of likely N-dealkylation sites (N-methyl/N-ethyl adjacent to an activating group) is 1. The third-order valence-corrected chi connectivity index (χ3v) is 10.5. The van der Waals surface area contributed by atoms with Crippen molar-refractivity contribution in [3.63, 3.8) is 0 Å². The van der Waals surface area contributed by atoms with Gasteiger partial charge in [0.15, 0.2) is 12.4 Å². The van der Waals surface area contributed by atoms with E-state index in [1.54, 1.807) is 13.8 Å². The number of aliphatic hydroxyl groups is 2. The molecule has 3 N–H and O–H groups in total. The maximum atomic E-state index is 13.7. The van der Waals surface area contributed by atoms with Crippen molar-refractivity contribution in [2.75, 3.05) is 33.9 Å². The van der Waals surface area contributed by atoms with Crippen molar-refractivity contribution < 1.29 is 48.2 Å². The molecule has 47 heavy (non-hydrogen) atoms. The van der Waals surface area contributed by atoms with Crippen LogP contribution in [0.4, 0.5) is 0 Å². The highest BCUT2D eigenvalue weighted by atomic mass is 16.7. The molecule has 12 nitrogen and oxygen atoms in total. The third-order valence-electron chi connectivity index (χ3n) is 10.5. The number of nitrogens with one attached hydrogen (secondary N) is 1. The third kappa shape index (κ3) is 9.66. The largest absolute Gasteiger partial charge is 0.459 e. The van der Waals surface area contributed by atoms with E-state index in [4.69, 9.17) is 28.4 Å². The van der Waals surface area contributed by atoms with E-state index in [1.165, 1.54) is 6.92 Å². The normalized spacial score (nSPS) is 46.4. The molecule has 4 heterocycles. The molecule has 4 rings (SSSR count). The Hall–Kier alpha value is -1.38. The van der Waals surface area contributed by atoms with Crippen molar-refractivity contribution in [2.24, 2.45) is 23.7 Å². The van der Waals surface area contributed by atoms with Crippen molar-refractivity contribution in [2.45, 2.75) is 155 Å². The Balaban J connectivity index is 2.18. The molecule has 0 aromatic rings. The summed E-state index contributed by atoms with van der Waals surface area (Å²) in [6.07, 6.45) is -3.97. The second kappa shape index (κ2) is 16.6. The first-order valence-corrected chi connectivity index (χ1v) is 17.6. The molecule has 0 aromatic carbocycles. The highest BCUT2D eigenvalue weighted by molar-refractivity contribution is 5.73. The number of hydrogen-bond acceptors (Lipinski definition) is 12. The number of rotatable bonds is 5. The Bertz CT molecular complexity index is 1030. The Morgan fingerprint density at radius 1 is 1.11 bits per heavy atom. The van der Waals surface area contributed by atoms with Crippen LogP contribution < -0.4 is 5.32 Å². The van der Waals surface area contributed by atoms with Gasteiger partial charge in [0, 0.05) is 31.3 Å². The van der Waals surface area contributed by atoms with E-state index < -0.39 is 71.8 Å². The fraction of sp³-hybridized carbons (Fsp3) is 0.943. The molecule has 0 radical (unpaired) electrons. The van der Waals surface area contributed by atoms with Gasteiger partial charge in [-0.3, -0.25) is 9.59 Å². The molecule has 2 bridgehead atoms. The monoisotopic (exact) mass is 672 g/mol. The minimum Gasteiger partial charge on any atom is -0.459 e. The number of ether oxygens (including phenoxy) is 6. The smallest absolute Gasteiger partial charge is 0.311 e. The number of esters is 2. The van der Waals surface area contributed by atoms with Crippen LogP contribution >= 0.6 is 0 Å². The molecule has 0 spiro atoms. The van der Waals surface area contributed by atoms with Crippen LogP contribution in [0.5, 0.6) is 0 Å². The maximum absolute atomic E-state index is 13.7. The van der Waals surface area contributed by atoms with Crippen LogP contribution in [-0.2, 0) is 38.0 Å². The van der Waals surface area contributed by atoms with Gasteiger partial charge in [-0.15, -0.1) is 0 Å². The standard InChI is InChI=1S/C35H64N2O10/c1-13-27-35(10,41)30-20(3)16-36-21(4)15-34(9,43-18-19(2)17-42-30)31(23(6)28(39)24(7)32(40)46-27)47-33-29(45-25(8)38)26(37(11)12)14-22(5)44-33/h19-24,26-31,33,36,39,41H,13-18H2,1-12H3/t19?,20-,21+,22+,23-,24+,26-,27+,28-,29+,30-,31+,33-,34+,35+/m0/s1. The summed E-state index contributed by atoms with van der Waals surface area (Å²) in [5.41, 5.74) is -2.50. The van der Waals surface area contributed by atoms with Gasteiger partial charge in [-0.05, 0) is 73.9 Å². The van der Waals surface area contributed by atoms with Crippen LogP contribution in [0.1, 0.15) is 88.5 Å². The first-order valence-electron chi connectivity index (χ1n) is 17.6. The van der Waals surface area contributed by atoms with Gasteiger partial charge in [0.05, 0.1) is 55.2 Å². The van der Waals surface area contributed by atoms with Crippen LogP contribution in [-0.4, -0.2) is 127 Å². The minimum atomic E-state index is -1.50. The Morgan fingerprint density at radius 3 is 2.36 bits per heavy atom. The van der Waals surface area contributed by atoms with E-state index in [0.29, 0.717) is 39.0 Å². The van der Waals surface area contributed by atoms with Gasteiger partial charge in [0.1, 0.15) is 11.7 Å². The summed E-state index contributed by atoms with van der Waals surface area (Å²) in [5.74, 6) is -2.90. The van der Waals surface area contributed by atoms with Gasteiger partial charge < -0.3 is 48.9 Å². The average Bonchev–Trinajstić information content (AvgIpc) is 2.98. The van der Waals surface area contributed by atoms with Crippen LogP contribution in [0.25, 0.3) is 0 Å². The molecule has 4 aliphatic rings. The molecule has 4 aliphatic heterocycles. The highest BCUT2D eigenvalue weighted by Gasteiger charge is 2.52. The summed E-state index contributed by atoms with van der Waals surface area (Å²) in [4.78, 5) is 28.0. The number of aliphatic hydroxyl groups excluding tert-OH is 1. The van der Waals surface area contributed by atoms with Crippen LogP contribution in [0.15, 0.2) is 0 Å². The number of carbonyl (C=O) groups excluding carboxylic acids is 2. The van der Waals surface area contributed by atoms with Gasteiger partial charge in [-0.1, -0.05) is 27.7 Å². The quantitative estimate of drug-likeness (QED) is 0.370. The summed E-state index contributed by atoms with van der Waals surface area (Å²) >= 11 is 0. The number of fused-ring (bicyclic) bond motifs is 15. The van der Waals surface area contributed by atoms with Gasteiger partial charge >= 0.3 is 11.9 Å². The Kier molecular flexibility index (Phi) is 14.1. The van der Waals surface area contributed by atoms with Gasteiger partial charge in [0.2, 0.25) is 0 Å². The van der Waals surface area contributed by atoms with E-state index in [-0.39, 0.29) is 30.0 Å². The first-order chi connectivity index (χ1) is 21.8. The van der Waals surface area contributed by atoms with E-state index in [2.05, 4.69) is 12.2 Å². The van der Waals surface area contributed by atoms with Gasteiger partial charge in [-0.25, -0.2) is 0 Å². The summed E-state index contributed by atoms with van der Waals surface area (Å²) in [5, 5.41) is 27.4. The molecule has 0 aliphatic carbocycles. The molecule has 4 saturated heterocycles. The molecule has 1 unspecified atom stereocenters. The zero-order valence-electron chi connectivity index (χ0n) is 30.9. The second-order valence-electron chi connectivity index (χ2n) is 15.4. The zero-order chi connectivity index (χ0) is 35.4. The van der Waals surface area contributed by atoms with Gasteiger partial charge in [0.25, 0.3) is 0 Å². The van der Waals surface area contributed by atoms with Crippen molar-refractivity contribution in [3.8, 4) is 0 Å². The van der Waals surface area contributed by atoms with Crippen molar-refractivity contribution in [1.29, 1.82) is 0 Å². The number of hydrogen-bond donors (Lipinski definition) is 3. The minimum absolute atomic E-state index is 0.0621. The zero-order valence-corrected chi connectivity index (χ0v) is 30.9. The molecule has 0 aromatic heterocycles. The molecule has 274 valence electrons. The van der Waals surface area contributed by atoms with Crippen molar-refractivity contribution in [1.82, 2.24) is 10.2 Å². The fourth-order valence-corrected chi connectivity index (χ4v) is 7.74. The maximum Gasteiger partial charge on any atom is 0.311 e. The number of nitrogens with zero attached hydrogens (tertiary/aromatic N) is 1. The van der Waals surface area contributed by atoms with Crippen molar-refractivity contribution >= 4 is 11.9 Å². The van der Waals surface area contributed by atoms with E-state index >= 15 is 0 Å². The molecule has 4 fully saturated rings. The lowest BCUT2D eigenvalue weighted by Crippen LogP contribution is -2.61. The molecule has 12 heteroatoms. The fourth-order valence-electron chi connectivity index (χ4n) is 7.74. The van der Waals surface area contributed by atoms with E-state index in [1.807, 2.05) is 60.5 Å². The van der Waals surface area contributed by atoms with Crippen molar-refractivity contribution in [3.05, 3.63) is 0 Å². The predicted molar refractivity (Wildman–Crippen MR) is 176 cm³/mol. The molecule has 15 atom stereocenters. The second-order valence-corrected chi connectivity index (χ2v) is 15.4. The van der Waals surface area contributed by atoms with Gasteiger partial charge in [-0.2, -0.15) is 0 Å². The summed E-state index contributed by atoms with van der Waals surface area (Å²) in [7, 11) is 3.86. The Labute approximate surface area is 282 Å². The first kappa shape index (κ1) is 40.1. The van der Waals surface area contributed by atoms with Crippen LogP contribution in [0.3, 0.4) is 0 Å². The summed E-state index contributed by atoms with van der Waals surface area (Å²) < 4.78 is 38.4.